The summed E-state index contributed by atoms with van der Waals surface area (Å²) in [5.74, 6) is 0. The molecule has 2 aromatic carbocycles. The molecule has 0 aliphatic carbocycles. The van der Waals surface area contributed by atoms with E-state index in [0.29, 0.717) is 12.1 Å². The Labute approximate surface area is 195 Å². The summed E-state index contributed by atoms with van der Waals surface area (Å²) in [6.07, 6.45) is 2.68. The number of carbonyl (C=O) groups excluding carboxylic acids is 1. The van der Waals surface area contributed by atoms with E-state index in [0.717, 1.165) is 29.8 Å². The minimum atomic E-state index is -0.602. The van der Waals surface area contributed by atoms with E-state index in [9.17, 15) is 9.90 Å². The smallest absolute Gasteiger partial charge is 0.411 e. The lowest BCUT2D eigenvalue weighted by molar-refractivity contribution is -0.252. The van der Waals surface area contributed by atoms with Crippen LogP contribution in [0, 0.1) is 0 Å². The van der Waals surface area contributed by atoms with E-state index in [4.69, 9.17) is 14.2 Å². The van der Waals surface area contributed by atoms with Crippen LogP contribution in [0.1, 0.15) is 35.5 Å². The molecule has 33 heavy (non-hydrogen) atoms. The van der Waals surface area contributed by atoms with Crippen LogP contribution >= 0.6 is 0 Å². The molecular weight excluding hydrogens is 420 g/mol. The molecule has 1 heterocycles. The van der Waals surface area contributed by atoms with Crippen molar-refractivity contribution in [2.45, 2.75) is 31.5 Å². The number of likely N-dealkylation sites (N-methyl/N-ethyl adjacent to an activating group) is 1. The molecule has 3 atom stereocenters. The molecule has 1 aliphatic heterocycles. The van der Waals surface area contributed by atoms with Gasteiger partial charge in [-0.25, -0.2) is 4.79 Å². The Morgan fingerprint density at radius 3 is 2.67 bits per heavy atom. The van der Waals surface area contributed by atoms with Gasteiger partial charge in [0.25, 0.3) is 0 Å². The van der Waals surface area contributed by atoms with Gasteiger partial charge < -0.3 is 24.2 Å². The zero-order chi connectivity index (χ0) is 23.6. The van der Waals surface area contributed by atoms with Crippen LogP contribution in [0.25, 0.3) is 0 Å². The molecule has 1 amide bonds. The summed E-state index contributed by atoms with van der Waals surface area (Å²) < 4.78 is 17.7. The Morgan fingerprint density at radius 2 is 1.97 bits per heavy atom. The minimum Gasteiger partial charge on any atom is -0.445 e. The van der Waals surface area contributed by atoms with Crippen molar-refractivity contribution in [2.75, 3.05) is 32.1 Å². The summed E-state index contributed by atoms with van der Waals surface area (Å²) >= 11 is 0. The maximum Gasteiger partial charge on any atom is 0.411 e. The molecule has 0 radical (unpaired) electrons. The zero-order valence-corrected chi connectivity index (χ0v) is 19.0. The Hall–Kier alpha value is -2.97. The number of hydrogen-bond donors (Lipinski definition) is 2. The van der Waals surface area contributed by atoms with E-state index >= 15 is 0 Å². The van der Waals surface area contributed by atoms with E-state index < -0.39 is 12.4 Å². The summed E-state index contributed by atoms with van der Waals surface area (Å²) in [5, 5.41) is 12.1. The van der Waals surface area contributed by atoms with Crippen molar-refractivity contribution < 1.29 is 24.1 Å². The number of carbonyl (C=O) groups is 1. The summed E-state index contributed by atoms with van der Waals surface area (Å²) in [4.78, 5) is 14.1. The van der Waals surface area contributed by atoms with Crippen LogP contribution in [-0.2, 0) is 20.8 Å². The zero-order valence-electron chi connectivity index (χ0n) is 19.0. The lowest BCUT2D eigenvalue weighted by atomic mass is 9.99. The van der Waals surface area contributed by atoms with Gasteiger partial charge in [-0.3, -0.25) is 5.32 Å². The van der Waals surface area contributed by atoms with Gasteiger partial charge in [0, 0.05) is 30.8 Å². The fraction of sp³-hybridized carbons (Fsp3) is 0.346. The van der Waals surface area contributed by atoms with Crippen LogP contribution in [0.4, 0.5) is 10.5 Å². The third kappa shape index (κ3) is 7.27. The molecule has 0 saturated carbocycles. The number of aliphatic hydroxyl groups excluding tert-OH is 1. The Balaban J connectivity index is 1.79. The van der Waals surface area contributed by atoms with E-state index in [1.165, 1.54) is 6.08 Å². The number of nitrogens with one attached hydrogen (secondary N) is 1. The molecule has 176 valence electrons. The molecule has 1 aliphatic rings. The van der Waals surface area contributed by atoms with E-state index in [1.807, 2.05) is 55.6 Å². The van der Waals surface area contributed by atoms with E-state index in [1.54, 1.807) is 6.07 Å². The highest BCUT2D eigenvalue weighted by atomic mass is 16.7. The molecule has 0 bridgehead atoms. The van der Waals surface area contributed by atoms with Crippen LogP contribution in [0.15, 0.2) is 73.8 Å². The number of hydrogen-bond acceptors (Lipinski definition) is 6. The van der Waals surface area contributed by atoms with Gasteiger partial charge in [-0.05, 0) is 30.3 Å². The van der Waals surface area contributed by atoms with Crippen LogP contribution < -0.4 is 5.32 Å². The van der Waals surface area contributed by atoms with Crippen molar-refractivity contribution in [3.8, 4) is 0 Å². The summed E-state index contributed by atoms with van der Waals surface area (Å²) in [6, 6.07) is 15.1. The fourth-order valence-corrected chi connectivity index (χ4v) is 3.73. The average molecular weight is 453 g/mol. The molecule has 0 unspecified atom stereocenters. The highest BCUT2D eigenvalue weighted by Gasteiger charge is 2.32. The Kier molecular flexibility index (Phi) is 9.21. The predicted octanol–water partition coefficient (Wildman–Crippen LogP) is 4.58. The first kappa shape index (κ1) is 24.7. The molecule has 2 N–H and O–H groups in total. The number of nitrogens with zero attached hydrogens (tertiary/aromatic N) is 1. The number of ether oxygens (including phenoxy) is 3. The summed E-state index contributed by atoms with van der Waals surface area (Å²) in [5.41, 5.74) is 3.26. The van der Waals surface area contributed by atoms with Gasteiger partial charge >= 0.3 is 6.09 Å². The van der Waals surface area contributed by atoms with Crippen LogP contribution in [0.5, 0.6) is 0 Å². The first-order valence-electron chi connectivity index (χ1n) is 11.0. The first-order valence-corrected chi connectivity index (χ1v) is 11.0. The first-order chi connectivity index (χ1) is 16.0. The Bertz CT molecular complexity index is 931. The van der Waals surface area contributed by atoms with Crippen molar-refractivity contribution in [2.24, 2.45) is 0 Å². The third-order valence-electron chi connectivity index (χ3n) is 5.31. The van der Waals surface area contributed by atoms with Crippen LogP contribution in [0.2, 0.25) is 0 Å². The average Bonchev–Trinajstić information content (AvgIpc) is 2.83. The number of aliphatic hydroxyl groups is 1. The number of anilines is 1. The topological polar surface area (TPSA) is 80.3 Å². The highest BCUT2D eigenvalue weighted by molar-refractivity contribution is 5.84. The van der Waals surface area contributed by atoms with Crippen molar-refractivity contribution in [3.05, 3.63) is 90.5 Å². The second-order valence-electron chi connectivity index (χ2n) is 8.00. The summed E-state index contributed by atoms with van der Waals surface area (Å²) in [6.45, 7) is 8.97. The minimum absolute atomic E-state index is 0.00153. The number of rotatable bonds is 10. The molecule has 1 fully saturated rings. The summed E-state index contributed by atoms with van der Waals surface area (Å²) in [7, 11) is 2.03. The van der Waals surface area contributed by atoms with Crippen molar-refractivity contribution >= 4 is 11.8 Å². The van der Waals surface area contributed by atoms with E-state index in [2.05, 4.69) is 23.4 Å². The van der Waals surface area contributed by atoms with Crippen molar-refractivity contribution in [1.29, 1.82) is 0 Å². The second-order valence-corrected chi connectivity index (χ2v) is 8.00. The fourth-order valence-electron chi connectivity index (χ4n) is 3.73. The largest absolute Gasteiger partial charge is 0.445 e. The number of amides is 1. The quantitative estimate of drug-likeness (QED) is 0.514. The maximum atomic E-state index is 11.9. The van der Waals surface area contributed by atoms with Gasteiger partial charge in [-0.1, -0.05) is 55.1 Å². The van der Waals surface area contributed by atoms with Gasteiger partial charge in [0.2, 0.25) is 0 Å². The highest BCUT2D eigenvalue weighted by Crippen LogP contribution is 2.38. The van der Waals surface area contributed by atoms with Gasteiger partial charge in [0.15, 0.2) is 6.29 Å². The number of benzene rings is 2. The van der Waals surface area contributed by atoms with Crippen molar-refractivity contribution in [1.82, 2.24) is 4.90 Å². The van der Waals surface area contributed by atoms with Gasteiger partial charge in [-0.15, -0.1) is 6.58 Å². The lowest BCUT2D eigenvalue weighted by Gasteiger charge is -2.37. The molecular formula is C26H32N2O5. The molecule has 2 aromatic rings. The predicted molar refractivity (Wildman–Crippen MR) is 128 cm³/mol. The SMILES string of the molecule is C=CCOC(=O)Nc1cccc([C@@H]2O[C@H](CN(C)CC=C)C[C@H](c3ccc(CO)cc3)O2)c1. The lowest BCUT2D eigenvalue weighted by Crippen LogP contribution is -2.37. The van der Waals surface area contributed by atoms with Crippen molar-refractivity contribution in [3.63, 3.8) is 0 Å². The normalized spacial score (nSPS) is 20.3. The maximum absolute atomic E-state index is 11.9. The molecule has 7 heteroatoms. The molecule has 3 rings (SSSR count). The molecule has 1 saturated heterocycles. The molecule has 0 aromatic heterocycles. The van der Waals surface area contributed by atoms with Crippen LogP contribution in [0.3, 0.4) is 0 Å². The van der Waals surface area contributed by atoms with Crippen LogP contribution in [-0.4, -0.2) is 48.9 Å². The standard InChI is InChI=1S/C26H32N2O5/c1-4-13-28(3)17-23-16-24(20-11-9-19(18-29)10-12-20)33-25(32-23)21-7-6-8-22(15-21)27-26(30)31-14-5-2/h4-12,15,23-25,29H,1-2,13-14,16-18H2,3H3,(H,27,30)/t23-,24+,25+/m0/s1. The second kappa shape index (κ2) is 12.3. The Morgan fingerprint density at radius 1 is 1.18 bits per heavy atom. The monoisotopic (exact) mass is 452 g/mol. The van der Waals surface area contributed by atoms with E-state index in [-0.39, 0.29) is 25.4 Å². The van der Waals surface area contributed by atoms with Gasteiger partial charge in [0.1, 0.15) is 6.61 Å². The van der Waals surface area contributed by atoms with Gasteiger partial charge in [-0.2, -0.15) is 0 Å². The molecule has 0 spiro atoms. The van der Waals surface area contributed by atoms with Gasteiger partial charge in [0.05, 0.1) is 18.8 Å². The third-order valence-corrected chi connectivity index (χ3v) is 5.31. The molecule has 7 nitrogen and oxygen atoms in total.